The van der Waals surface area contributed by atoms with E-state index in [9.17, 15) is 27.9 Å². The first-order valence-electron chi connectivity index (χ1n) is 12.7. The van der Waals surface area contributed by atoms with E-state index in [0.717, 1.165) is 16.7 Å². The molecule has 0 aliphatic carbocycles. The molecule has 1 atom stereocenters. The van der Waals surface area contributed by atoms with Crippen LogP contribution in [-0.2, 0) is 20.9 Å². The molecular formula is C29H32F3N5O5. The Hall–Kier alpha value is -5.07. The van der Waals surface area contributed by atoms with Gasteiger partial charge in [-0.15, -0.1) is 0 Å². The van der Waals surface area contributed by atoms with Crippen molar-refractivity contribution >= 4 is 23.7 Å². The number of hydrogen-bond acceptors (Lipinski definition) is 5. The van der Waals surface area contributed by atoms with Gasteiger partial charge in [0.15, 0.2) is 5.96 Å². The number of carbonyl (C=O) groups is 3. The van der Waals surface area contributed by atoms with Crippen LogP contribution in [-0.4, -0.2) is 52.7 Å². The van der Waals surface area contributed by atoms with E-state index in [2.05, 4.69) is 15.6 Å². The van der Waals surface area contributed by atoms with Crippen molar-refractivity contribution in [2.24, 2.45) is 16.5 Å². The van der Waals surface area contributed by atoms with E-state index in [-0.39, 0.29) is 30.1 Å². The van der Waals surface area contributed by atoms with Crippen LogP contribution in [0.4, 0.5) is 13.2 Å². The van der Waals surface area contributed by atoms with Gasteiger partial charge in [0, 0.05) is 13.1 Å². The molecule has 0 aromatic heterocycles. The summed E-state index contributed by atoms with van der Waals surface area (Å²) >= 11 is 0. The summed E-state index contributed by atoms with van der Waals surface area (Å²) in [7, 11) is 0. The predicted molar refractivity (Wildman–Crippen MR) is 150 cm³/mol. The van der Waals surface area contributed by atoms with Crippen molar-refractivity contribution in [3.05, 3.63) is 102 Å². The van der Waals surface area contributed by atoms with Crippen molar-refractivity contribution in [2.75, 3.05) is 6.54 Å². The molecule has 0 fully saturated rings. The number of guanidine groups is 1. The van der Waals surface area contributed by atoms with E-state index in [1.807, 2.05) is 60.7 Å². The Kier molecular flexibility index (Phi) is 12.8. The predicted octanol–water partition coefficient (Wildman–Crippen LogP) is 3.01. The third kappa shape index (κ3) is 11.6. The smallest absolute Gasteiger partial charge is 0.490 e. The van der Waals surface area contributed by atoms with Gasteiger partial charge in [-0.3, -0.25) is 14.6 Å². The summed E-state index contributed by atoms with van der Waals surface area (Å²) in [4.78, 5) is 39.5. The van der Waals surface area contributed by atoms with Gasteiger partial charge in [-0.2, -0.15) is 13.2 Å². The van der Waals surface area contributed by atoms with Crippen molar-refractivity contribution in [2.45, 2.75) is 37.5 Å². The summed E-state index contributed by atoms with van der Waals surface area (Å²) in [6.07, 6.45) is -4.21. The molecule has 0 saturated heterocycles. The van der Waals surface area contributed by atoms with Crippen LogP contribution in [0, 0.1) is 0 Å². The standard InChI is InChI=1S/C27H31N5O3.C2HF3O2/c28-27(29)30-17-7-12-23(25(34)31-18-19-13-15-22(33)16-14-19)32-26(35)24(20-8-3-1-4-9-20)21-10-5-2-6-11-21;3-2(4,5)1(6)7/h1-6,8-11,13-16,23-24,33H,7,12,17-18H2,(H,31,34)(H,32,35)(H4,28,29,30);(H,6,7). The van der Waals surface area contributed by atoms with Crippen LogP contribution in [0.1, 0.15) is 35.4 Å². The molecule has 10 nitrogen and oxygen atoms in total. The second-order valence-electron chi connectivity index (χ2n) is 8.95. The molecule has 13 heteroatoms. The number of aliphatic imine (C=N–C) groups is 1. The van der Waals surface area contributed by atoms with E-state index in [4.69, 9.17) is 21.4 Å². The number of nitrogens with two attached hydrogens (primary N) is 2. The Morgan fingerprint density at radius 3 is 1.79 bits per heavy atom. The number of halogens is 3. The molecule has 224 valence electrons. The first kappa shape index (κ1) is 33.1. The van der Waals surface area contributed by atoms with Crippen LogP contribution in [0.3, 0.4) is 0 Å². The van der Waals surface area contributed by atoms with Crippen LogP contribution in [0.15, 0.2) is 89.9 Å². The summed E-state index contributed by atoms with van der Waals surface area (Å²) in [6, 6.07) is 24.7. The molecule has 42 heavy (non-hydrogen) atoms. The van der Waals surface area contributed by atoms with E-state index < -0.39 is 24.1 Å². The maximum atomic E-state index is 13.5. The molecule has 0 saturated carbocycles. The third-order valence-corrected chi connectivity index (χ3v) is 5.75. The number of carboxylic acid groups (broad SMARTS) is 1. The fourth-order valence-electron chi connectivity index (χ4n) is 3.74. The second kappa shape index (κ2) is 16.3. The highest BCUT2D eigenvalue weighted by molar-refractivity contribution is 5.92. The number of aliphatic carboxylic acids is 1. The van der Waals surface area contributed by atoms with Crippen molar-refractivity contribution < 1.29 is 37.8 Å². The van der Waals surface area contributed by atoms with Gasteiger partial charge < -0.3 is 32.3 Å². The van der Waals surface area contributed by atoms with Crippen molar-refractivity contribution in [3.8, 4) is 5.75 Å². The lowest BCUT2D eigenvalue weighted by Gasteiger charge is -2.23. The molecule has 3 rings (SSSR count). The molecule has 0 aliphatic rings. The lowest BCUT2D eigenvalue weighted by atomic mass is 9.90. The van der Waals surface area contributed by atoms with Gasteiger partial charge in [0.05, 0.1) is 5.92 Å². The quantitative estimate of drug-likeness (QED) is 0.113. The molecule has 0 aliphatic heterocycles. The zero-order valence-electron chi connectivity index (χ0n) is 22.4. The van der Waals surface area contributed by atoms with E-state index in [0.29, 0.717) is 19.4 Å². The highest BCUT2D eigenvalue weighted by atomic mass is 19.4. The molecular weight excluding hydrogens is 555 g/mol. The zero-order valence-corrected chi connectivity index (χ0v) is 22.4. The van der Waals surface area contributed by atoms with Crippen LogP contribution in [0.2, 0.25) is 0 Å². The number of carboxylic acids is 1. The minimum atomic E-state index is -5.08. The van der Waals surface area contributed by atoms with Gasteiger partial charge in [-0.25, -0.2) is 4.79 Å². The van der Waals surface area contributed by atoms with Gasteiger partial charge in [-0.1, -0.05) is 72.8 Å². The zero-order chi connectivity index (χ0) is 31.1. The number of nitrogens with one attached hydrogen (secondary N) is 2. The fourth-order valence-corrected chi connectivity index (χ4v) is 3.74. The highest BCUT2D eigenvalue weighted by Crippen LogP contribution is 2.25. The average Bonchev–Trinajstić information content (AvgIpc) is 2.95. The Balaban J connectivity index is 0.000000782. The number of carbonyl (C=O) groups excluding carboxylic acids is 2. The summed E-state index contributed by atoms with van der Waals surface area (Å²) in [5.41, 5.74) is 13.3. The molecule has 3 aromatic carbocycles. The van der Waals surface area contributed by atoms with Crippen LogP contribution in [0.5, 0.6) is 5.75 Å². The Morgan fingerprint density at radius 2 is 1.33 bits per heavy atom. The molecule has 8 N–H and O–H groups in total. The fraction of sp³-hybridized carbons (Fsp3) is 0.241. The van der Waals surface area contributed by atoms with Gasteiger partial charge in [-0.05, 0) is 41.7 Å². The number of nitrogens with zero attached hydrogens (tertiary/aromatic N) is 1. The van der Waals surface area contributed by atoms with Gasteiger partial charge in [0.1, 0.15) is 11.8 Å². The largest absolute Gasteiger partial charge is 0.508 e. The van der Waals surface area contributed by atoms with Crippen molar-refractivity contribution in [1.82, 2.24) is 10.6 Å². The Morgan fingerprint density at radius 1 is 0.833 bits per heavy atom. The Bertz CT molecular complexity index is 1280. The van der Waals surface area contributed by atoms with Crippen LogP contribution < -0.4 is 22.1 Å². The van der Waals surface area contributed by atoms with Gasteiger partial charge in [0.2, 0.25) is 11.8 Å². The summed E-state index contributed by atoms with van der Waals surface area (Å²) in [5.74, 6) is -3.77. The first-order chi connectivity index (χ1) is 19.9. The highest BCUT2D eigenvalue weighted by Gasteiger charge is 2.38. The summed E-state index contributed by atoms with van der Waals surface area (Å²) in [5, 5.41) is 22.4. The third-order valence-electron chi connectivity index (χ3n) is 5.75. The minimum absolute atomic E-state index is 0.0180. The number of aromatic hydroxyl groups is 1. The van der Waals surface area contributed by atoms with E-state index in [1.165, 1.54) is 0 Å². The number of phenolic OH excluding ortho intramolecular Hbond substituents is 1. The molecule has 1 unspecified atom stereocenters. The Labute approximate surface area is 240 Å². The second-order valence-corrected chi connectivity index (χ2v) is 8.95. The van der Waals surface area contributed by atoms with E-state index in [1.54, 1.807) is 24.3 Å². The number of hydrogen-bond donors (Lipinski definition) is 6. The maximum absolute atomic E-state index is 13.5. The van der Waals surface area contributed by atoms with Gasteiger partial charge in [0.25, 0.3) is 0 Å². The minimum Gasteiger partial charge on any atom is -0.508 e. The van der Waals surface area contributed by atoms with Gasteiger partial charge >= 0.3 is 12.1 Å². The number of amides is 2. The SMILES string of the molecule is NC(N)=NCCCC(NC(=O)C(c1ccccc1)c1ccccc1)C(=O)NCc1ccc(O)cc1.O=C(O)C(F)(F)F. The first-order valence-corrected chi connectivity index (χ1v) is 12.7. The average molecular weight is 588 g/mol. The lowest BCUT2D eigenvalue weighted by Crippen LogP contribution is -2.48. The maximum Gasteiger partial charge on any atom is 0.490 e. The number of alkyl halides is 3. The lowest BCUT2D eigenvalue weighted by molar-refractivity contribution is -0.192. The number of phenols is 1. The van der Waals surface area contributed by atoms with Crippen molar-refractivity contribution in [1.29, 1.82) is 0 Å². The van der Waals surface area contributed by atoms with Crippen LogP contribution in [0.25, 0.3) is 0 Å². The molecule has 0 spiro atoms. The van der Waals surface area contributed by atoms with Crippen molar-refractivity contribution in [3.63, 3.8) is 0 Å². The van der Waals surface area contributed by atoms with E-state index >= 15 is 0 Å². The number of benzene rings is 3. The normalized spacial score (nSPS) is 11.4. The molecule has 2 amide bonds. The topological polar surface area (TPSA) is 180 Å². The number of rotatable bonds is 11. The van der Waals surface area contributed by atoms with Crippen LogP contribution >= 0.6 is 0 Å². The summed E-state index contributed by atoms with van der Waals surface area (Å²) in [6.45, 7) is 0.612. The molecule has 0 bridgehead atoms. The monoisotopic (exact) mass is 587 g/mol. The molecule has 3 aromatic rings. The summed E-state index contributed by atoms with van der Waals surface area (Å²) < 4.78 is 31.7. The molecule has 0 radical (unpaired) electrons. The molecule has 0 heterocycles.